The topological polar surface area (TPSA) is 64.4 Å². The molecule has 1 N–H and O–H groups in total. The van der Waals surface area contributed by atoms with E-state index in [-0.39, 0.29) is 5.97 Å². The number of nitrogens with zero attached hydrogens (tertiary/aromatic N) is 1. The number of carbonyl (C=O) groups is 1. The van der Waals surface area contributed by atoms with Crippen LogP contribution >= 0.6 is 11.6 Å². The van der Waals surface area contributed by atoms with E-state index >= 15 is 0 Å². The fourth-order valence-electron chi connectivity index (χ4n) is 4.95. The van der Waals surface area contributed by atoms with E-state index in [4.69, 9.17) is 20.9 Å². The largest absolute Gasteiger partial charge is 0.465 e. The Bertz CT molecular complexity index is 1620. The quantitative estimate of drug-likeness (QED) is 0.154. The van der Waals surface area contributed by atoms with Crippen LogP contribution in [0.5, 0.6) is 0 Å². The Morgan fingerprint density at radius 3 is 2.32 bits per heavy atom. The van der Waals surface area contributed by atoms with Crippen molar-refractivity contribution < 1.29 is 14.1 Å². The minimum absolute atomic E-state index is 0.120. The number of hydrogen-bond acceptors (Lipinski definition) is 5. The number of hydrogen-bond donors (Lipinski definition) is 1. The molecule has 0 aliphatic heterocycles. The van der Waals surface area contributed by atoms with Crippen LogP contribution in [0.3, 0.4) is 0 Å². The van der Waals surface area contributed by atoms with Crippen molar-refractivity contribution in [3.05, 3.63) is 125 Å². The number of carbonyl (C=O) groups excluding carboxylic acids is 1. The molecular weight excluding hydrogens is 532 g/mol. The molecule has 6 heteroatoms. The van der Waals surface area contributed by atoms with E-state index in [2.05, 4.69) is 41.3 Å². The van der Waals surface area contributed by atoms with Crippen molar-refractivity contribution in [3.8, 4) is 22.5 Å². The molecule has 0 atom stereocenters. The van der Waals surface area contributed by atoms with Gasteiger partial charge >= 0.3 is 5.97 Å². The van der Waals surface area contributed by atoms with Gasteiger partial charge in [-0.15, -0.1) is 0 Å². The maximum atomic E-state index is 12.5. The molecule has 0 unspecified atom stereocenters. The third-order valence-electron chi connectivity index (χ3n) is 7.47. The molecule has 0 bridgehead atoms. The first-order valence-corrected chi connectivity index (χ1v) is 14.1. The van der Waals surface area contributed by atoms with Gasteiger partial charge in [-0.25, -0.2) is 0 Å². The van der Waals surface area contributed by atoms with E-state index in [1.807, 2.05) is 87.5 Å². The van der Waals surface area contributed by atoms with Gasteiger partial charge in [-0.3, -0.25) is 4.79 Å². The van der Waals surface area contributed by atoms with Crippen molar-refractivity contribution in [2.45, 2.75) is 39.0 Å². The molecule has 1 aliphatic carbocycles. The molecule has 0 saturated heterocycles. The van der Waals surface area contributed by atoms with Crippen molar-refractivity contribution in [2.24, 2.45) is 0 Å². The van der Waals surface area contributed by atoms with Gasteiger partial charge < -0.3 is 14.6 Å². The number of halogens is 1. The van der Waals surface area contributed by atoms with Gasteiger partial charge in [-0.1, -0.05) is 96.2 Å². The van der Waals surface area contributed by atoms with E-state index in [0.717, 1.165) is 63.3 Å². The first-order valence-electron chi connectivity index (χ1n) is 13.8. The van der Waals surface area contributed by atoms with E-state index < -0.39 is 5.41 Å². The van der Waals surface area contributed by atoms with Crippen molar-refractivity contribution in [1.82, 2.24) is 5.16 Å². The highest BCUT2D eigenvalue weighted by Gasteiger charge is 2.52. The second kappa shape index (κ2) is 12.0. The van der Waals surface area contributed by atoms with Crippen LogP contribution in [0.1, 0.15) is 43.5 Å². The Hall–Kier alpha value is -4.35. The molecule has 0 spiro atoms. The van der Waals surface area contributed by atoms with Crippen molar-refractivity contribution in [2.75, 3.05) is 11.9 Å². The van der Waals surface area contributed by atoms with Gasteiger partial charge in [-0.05, 0) is 79.6 Å². The zero-order valence-electron chi connectivity index (χ0n) is 23.5. The van der Waals surface area contributed by atoms with E-state index in [1.165, 1.54) is 0 Å². The Morgan fingerprint density at radius 1 is 1.07 bits per heavy atom. The van der Waals surface area contributed by atoms with Gasteiger partial charge in [0.1, 0.15) is 11.4 Å². The molecule has 1 aromatic heterocycles. The summed E-state index contributed by atoms with van der Waals surface area (Å²) in [5, 5.41) is 8.40. The first kappa shape index (κ1) is 28.2. The minimum Gasteiger partial charge on any atom is -0.465 e. The number of benzene rings is 3. The second-order valence-electron chi connectivity index (χ2n) is 10.1. The highest BCUT2D eigenvalue weighted by Crippen LogP contribution is 2.49. The molecule has 0 amide bonds. The zero-order chi connectivity index (χ0) is 29.0. The predicted molar refractivity (Wildman–Crippen MR) is 167 cm³/mol. The summed E-state index contributed by atoms with van der Waals surface area (Å²) in [5.74, 6) is 0.538. The number of ether oxygens (including phenoxy) is 1. The lowest BCUT2D eigenvalue weighted by atomic mass is 9.93. The SMILES string of the molecule is C=C/C(=C\C(=C/C)Nc1c(C)noc1-c1ccc(-c2ccc(C3(C(=O)OCC)CC3)cc2)cc1)c1cccc(Cl)c1. The number of rotatable bonds is 10. The Morgan fingerprint density at radius 2 is 1.73 bits per heavy atom. The number of allylic oxidation sites excluding steroid dienone is 4. The van der Waals surface area contributed by atoms with Gasteiger partial charge in [0.05, 0.1) is 12.0 Å². The fraction of sp³-hybridized carbons (Fsp3) is 0.200. The van der Waals surface area contributed by atoms with Gasteiger partial charge in [-0.2, -0.15) is 0 Å². The van der Waals surface area contributed by atoms with E-state index in [9.17, 15) is 4.79 Å². The van der Waals surface area contributed by atoms with Crippen molar-refractivity contribution >= 4 is 28.8 Å². The summed E-state index contributed by atoms with van der Waals surface area (Å²) in [4.78, 5) is 12.5. The lowest BCUT2D eigenvalue weighted by Gasteiger charge is -2.14. The third kappa shape index (κ3) is 5.91. The summed E-state index contributed by atoms with van der Waals surface area (Å²) in [6.45, 7) is 10.1. The van der Waals surface area contributed by atoms with Gasteiger partial charge in [0, 0.05) is 16.3 Å². The van der Waals surface area contributed by atoms with Crippen molar-refractivity contribution in [1.29, 1.82) is 0 Å². The van der Waals surface area contributed by atoms with E-state index in [0.29, 0.717) is 17.4 Å². The smallest absolute Gasteiger partial charge is 0.316 e. The summed E-state index contributed by atoms with van der Waals surface area (Å²) in [6.07, 6.45) is 7.51. The third-order valence-corrected chi connectivity index (χ3v) is 7.70. The van der Waals surface area contributed by atoms with Crippen molar-refractivity contribution in [3.63, 3.8) is 0 Å². The summed E-state index contributed by atoms with van der Waals surface area (Å²) in [5.41, 5.74) is 7.96. The molecule has 3 aromatic carbocycles. The summed E-state index contributed by atoms with van der Waals surface area (Å²) in [6, 6.07) is 24.1. The maximum absolute atomic E-state index is 12.5. The number of anilines is 1. The molecule has 5 nitrogen and oxygen atoms in total. The average Bonchev–Trinajstić information content (AvgIpc) is 3.73. The normalized spacial score (nSPS) is 14.4. The lowest BCUT2D eigenvalue weighted by molar-refractivity contribution is -0.146. The van der Waals surface area contributed by atoms with Crippen LogP contribution in [0, 0.1) is 6.92 Å². The Kier molecular flexibility index (Phi) is 8.27. The highest BCUT2D eigenvalue weighted by atomic mass is 35.5. The summed E-state index contributed by atoms with van der Waals surface area (Å²) < 4.78 is 11.1. The standard InChI is InChI=1S/C35H33ClN2O3/c1-5-24(28-9-8-10-30(36)21-28)22-31(6-2)37-32-23(4)38-41-33(32)27-13-11-25(12-14-27)26-15-17-29(18-16-26)35(19-20-35)34(39)40-7-3/h5-6,8-18,21-22,37H,1,7,19-20H2,2-4H3/b24-22+,31-6+. The molecule has 1 aliphatic rings. The monoisotopic (exact) mass is 564 g/mol. The zero-order valence-corrected chi connectivity index (χ0v) is 24.3. The molecule has 208 valence electrons. The number of nitrogens with one attached hydrogen (secondary N) is 1. The van der Waals surface area contributed by atoms with Gasteiger partial charge in [0.15, 0.2) is 5.76 Å². The van der Waals surface area contributed by atoms with Crippen LogP contribution < -0.4 is 5.32 Å². The number of esters is 1. The van der Waals surface area contributed by atoms with Crippen LogP contribution in [-0.4, -0.2) is 17.7 Å². The molecule has 4 aromatic rings. The van der Waals surface area contributed by atoms with E-state index in [1.54, 1.807) is 0 Å². The minimum atomic E-state index is -0.465. The molecule has 1 saturated carbocycles. The molecule has 1 fully saturated rings. The summed E-state index contributed by atoms with van der Waals surface area (Å²) in [7, 11) is 0. The van der Waals surface area contributed by atoms with Crippen LogP contribution in [0.4, 0.5) is 5.69 Å². The summed E-state index contributed by atoms with van der Waals surface area (Å²) >= 11 is 6.21. The average molecular weight is 565 g/mol. The first-order chi connectivity index (χ1) is 19.9. The highest BCUT2D eigenvalue weighted by molar-refractivity contribution is 6.30. The Labute approximate surface area is 246 Å². The predicted octanol–water partition coefficient (Wildman–Crippen LogP) is 9.15. The molecule has 5 rings (SSSR count). The number of aromatic nitrogens is 1. The molecular formula is C35H33ClN2O3. The van der Waals surface area contributed by atoms with Crippen LogP contribution in [-0.2, 0) is 14.9 Å². The Balaban J connectivity index is 1.36. The van der Waals surface area contributed by atoms with Gasteiger partial charge in [0.25, 0.3) is 0 Å². The van der Waals surface area contributed by atoms with Crippen LogP contribution in [0.2, 0.25) is 5.02 Å². The number of aryl methyl sites for hydroxylation is 1. The van der Waals surface area contributed by atoms with Crippen LogP contribution in [0.15, 0.2) is 108 Å². The second-order valence-corrected chi connectivity index (χ2v) is 10.5. The molecule has 1 heterocycles. The fourth-order valence-corrected chi connectivity index (χ4v) is 5.14. The molecule has 41 heavy (non-hydrogen) atoms. The lowest BCUT2D eigenvalue weighted by Crippen LogP contribution is -2.23. The molecule has 0 radical (unpaired) electrons. The van der Waals surface area contributed by atoms with Gasteiger partial charge in [0.2, 0.25) is 0 Å². The maximum Gasteiger partial charge on any atom is 0.316 e. The van der Waals surface area contributed by atoms with Crippen LogP contribution in [0.25, 0.3) is 28.0 Å².